The van der Waals surface area contributed by atoms with Crippen molar-refractivity contribution in [3.05, 3.63) is 53.9 Å². The van der Waals surface area contributed by atoms with E-state index in [0.29, 0.717) is 5.69 Å². The minimum Gasteiger partial charge on any atom is -0.496 e. The van der Waals surface area contributed by atoms with Gasteiger partial charge in [-0.05, 0) is 30.3 Å². The van der Waals surface area contributed by atoms with E-state index in [1.807, 2.05) is 0 Å². The molecular formula is C16H14ClF3N2O2. The van der Waals surface area contributed by atoms with Gasteiger partial charge < -0.3 is 9.64 Å². The fourth-order valence-corrected chi connectivity index (χ4v) is 2.28. The third-order valence-corrected chi connectivity index (χ3v) is 3.49. The van der Waals surface area contributed by atoms with Gasteiger partial charge >= 0.3 is 6.18 Å². The van der Waals surface area contributed by atoms with Gasteiger partial charge in [0.2, 0.25) is 5.91 Å². The van der Waals surface area contributed by atoms with E-state index in [0.717, 1.165) is 18.1 Å². The average Bonchev–Trinajstić information content (AvgIpc) is 2.58. The Kier molecular flexibility index (Phi) is 5.66. The molecule has 0 fully saturated rings. The summed E-state index contributed by atoms with van der Waals surface area (Å²) in [5.74, 6) is -1.21. The average molecular weight is 359 g/mol. The quantitative estimate of drug-likeness (QED) is 0.762. The lowest BCUT2D eigenvalue weighted by Crippen LogP contribution is -2.32. The van der Waals surface area contributed by atoms with Gasteiger partial charge in [0, 0.05) is 11.9 Å². The molecule has 0 spiro atoms. The summed E-state index contributed by atoms with van der Waals surface area (Å²) in [6, 6.07) is 8.51. The lowest BCUT2D eigenvalue weighted by molar-refractivity contribution is -0.138. The lowest BCUT2D eigenvalue weighted by atomic mass is 10.1. The van der Waals surface area contributed by atoms with Crippen molar-refractivity contribution in [1.82, 2.24) is 4.98 Å². The molecule has 8 heteroatoms. The molecule has 0 saturated carbocycles. The first-order valence-electron chi connectivity index (χ1n) is 6.88. The summed E-state index contributed by atoms with van der Waals surface area (Å²) in [7, 11) is 1.15. The molecule has 24 heavy (non-hydrogen) atoms. The molecule has 128 valence electrons. The van der Waals surface area contributed by atoms with Crippen LogP contribution in [-0.2, 0) is 17.5 Å². The third-order valence-electron chi connectivity index (χ3n) is 3.26. The highest BCUT2D eigenvalue weighted by Crippen LogP contribution is 2.38. The molecule has 1 amide bonds. The second-order valence-electron chi connectivity index (χ2n) is 4.82. The molecule has 0 aliphatic rings. The van der Waals surface area contributed by atoms with E-state index in [4.69, 9.17) is 16.3 Å². The zero-order chi connectivity index (χ0) is 17.7. The first-order valence-corrected chi connectivity index (χ1v) is 7.41. The second-order valence-corrected chi connectivity index (χ2v) is 5.08. The first kappa shape index (κ1) is 18.1. The minimum atomic E-state index is -4.61. The Morgan fingerprint density at radius 1 is 1.29 bits per heavy atom. The van der Waals surface area contributed by atoms with Crippen molar-refractivity contribution in [3.8, 4) is 5.75 Å². The Labute approximate surface area is 141 Å². The number of ether oxygens (including phenoxy) is 1. The van der Waals surface area contributed by atoms with Gasteiger partial charge in [0.25, 0.3) is 0 Å². The van der Waals surface area contributed by atoms with Crippen LogP contribution < -0.4 is 9.64 Å². The number of aromatic nitrogens is 1. The van der Waals surface area contributed by atoms with Gasteiger partial charge in [-0.3, -0.25) is 9.78 Å². The molecule has 0 unspecified atom stereocenters. The van der Waals surface area contributed by atoms with E-state index in [9.17, 15) is 18.0 Å². The number of rotatable bonds is 5. The van der Waals surface area contributed by atoms with Gasteiger partial charge in [0.1, 0.15) is 11.6 Å². The molecule has 0 aliphatic heterocycles. The van der Waals surface area contributed by atoms with Crippen LogP contribution in [0.25, 0.3) is 0 Å². The van der Waals surface area contributed by atoms with E-state index in [-0.39, 0.29) is 23.9 Å². The molecule has 4 nitrogen and oxygen atoms in total. The van der Waals surface area contributed by atoms with E-state index in [1.165, 1.54) is 18.3 Å². The number of pyridine rings is 1. The summed E-state index contributed by atoms with van der Waals surface area (Å²) < 4.78 is 44.3. The molecule has 0 radical (unpaired) electrons. The summed E-state index contributed by atoms with van der Waals surface area (Å²) in [5, 5.41) is 0. The van der Waals surface area contributed by atoms with E-state index in [1.54, 1.807) is 18.2 Å². The SMILES string of the molecule is COc1ccc(N(Cc2ccccn2)C(=O)CCl)cc1C(F)(F)F. The number of nitrogens with zero attached hydrogens (tertiary/aromatic N) is 2. The second kappa shape index (κ2) is 7.53. The fraction of sp³-hybridized carbons (Fsp3) is 0.250. The number of halogens is 4. The van der Waals surface area contributed by atoms with E-state index >= 15 is 0 Å². The number of hydrogen-bond donors (Lipinski definition) is 0. The Morgan fingerprint density at radius 3 is 2.58 bits per heavy atom. The number of anilines is 1. The predicted octanol–water partition coefficient (Wildman–Crippen LogP) is 3.88. The Morgan fingerprint density at radius 2 is 2.04 bits per heavy atom. The summed E-state index contributed by atoms with van der Waals surface area (Å²) in [5.41, 5.74) is -0.365. The molecule has 0 bridgehead atoms. The standard InChI is InChI=1S/C16H14ClF3N2O2/c1-24-14-6-5-12(8-13(14)16(18,19)20)22(15(23)9-17)10-11-4-2-3-7-21-11/h2-8H,9-10H2,1H3. The molecule has 0 aliphatic carbocycles. The Hall–Kier alpha value is -2.28. The third kappa shape index (κ3) is 4.17. The van der Waals surface area contributed by atoms with Gasteiger partial charge in [-0.25, -0.2) is 0 Å². The van der Waals surface area contributed by atoms with E-state index < -0.39 is 17.6 Å². The van der Waals surface area contributed by atoms with Crippen LogP contribution in [0.3, 0.4) is 0 Å². The largest absolute Gasteiger partial charge is 0.496 e. The maximum atomic E-state index is 13.2. The smallest absolute Gasteiger partial charge is 0.420 e. The molecule has 0 N–H and O–H groups in total. The zero-order valence-electron chi connectivity index (χ0n) is 12.7. The fourth-order valence-electron chi connectivity index (χ4n) is 2.13. The minimum absolute atomic E-state index is 0.00994. The zero-order valence-corrected chi connectivity index (χ0v) is 13.4. The maximum absolute atomic E-state index is 13.2. The van der Waals surface area contributed by atoms with Crippen LogP contribution in [0.1, 0.15) is 11.3 Å². The van der Waals surface area contributed by atoms with Crippen molar-refractivity contribution in [2.24, 2.45) is 0 Å². The molecule has 1 aromatic heterocycles. The summed E-state index contributed by atoms with van der Waals surface area (Å²) >= 11 is 5.59. The highest BCUT2D eigenvalue weighted by molar-refractivity contribution is 6.29. The van der Waals surface area contributed by atoms with Gasteiger partial charge in [-0.1, -0.05) is 6.07 Å². The lowest BCUT2D eigenvalue weighted by Gasteiger charge is -2.23. The normalized spacial score (nSPS) is 11.2. The van der Waals surface area contributed by atoms with Crippen LogP contribution >= 0.6 is 11.6 Å². The van der Waals surface area contributed by atoms with Crippen molar-refractivity contribution in [2.75, 3.05) is 17.9 Å². The molecule has 2 aromatic rings. The molecular weight excluding hydrogens is 345 g/mol. The molecule has 0 saturated heterocycles. The number of carbonyl (C=O) groups excluding carboxylic acids is 1. The highest BCUT2D eigenvalue weighted by Gasteiger charge is 2.35. The monoisotopic (exact) mass is 358 g/mol. The van der Waals surface area contributed by atoms with Crippen LogP contribution in [0.2, 0.25) is 0 Å². The summed E-state index contributed by atoms with van der Waals surface area (Å²) in [6.45, 7) is 0.00994. The number of amides is 1. The van der Waals surface area contributed by atoms with Crippen LogP contribution in [0.5, 0.6) is 5.75 Å². The van der Waals surface area contributed by atoms with Gasteiger partial charge in [-0.2, -0.15) is 13.2 Å². The van der Waals surface area contributed by atoms with Gasteiger partial charge in [-0.15, -0.1) is 11.6 Å². The van der Waals surface area contributed by atoms with Gasteiger partial charge in [0.15, 0.2) is 0 Å². The summed E-state index contributed by atoms with van der Waals surface area (Å²) in [4.78, 5) is 17.3. The Balaban J connectivity index is 2.45. The van der Waals surface area contributed by atoms with Crippen molar-refractivity contribution >= 4 is 23.2 Å². The summed E-state index contributed by atoms with van der Waals surface area (Å²) in [6.07, 6.45) is -3.07. The van der Waals surface area contributed by atoms with Crippen molar-refractivity contribution in [2.45, 2.75) is 12.7 Å². The number of hydrogen-bond acceptors (Lipinski definition) is 3. The molecule has 1 heterocycles. The number of alkyl halides is 4. The molecule has 0 atom stereocenters. The number of methoxy groups -OCH3 is 1. The van der Waals surface area contributed by atoms with Crippen LogP contribution in [0.15, 0.2) is 42.6 Å². The first-order chi connectivity index (χ1) is 11.4. The Bertz CT molecular complexity index is 708. The van der Waals surface area contributed by atoms with Crippen LogP contribution in [-0.4, -0.2) is 23.9 Å². The topological polar surface area (TPSA) is 42.4 Å². The molecule has 2 rings (SSSR count). The van der Waals surface area contributed by atoms with Crippen LogP contribution in [0, 0.1) is 0 Å². The van der Waals surface area contributed by atoms with Crippen molar-refractivity contribution < 1.29 is 22.7 Å². The molecule has 1 aromatic carbocycles. The van der Waals surface area contributed by atoms with E-state index in [2.05, 4.69) is 4.98 Å². The van der Waals surface area contributed by atoms with Gasteiger partial charge in [0.05, 0.1) is 24.9 Å². The van der Waals surface area contributed by atoms with Crippen molar-refractivity contribution in [1.29, 1.82) is 0 Å². The highest BCUT2D eigenvalue weighted by atomic mass is 35.5. The predicted molar refractivity (Wildman–Crippen MR) is 84.1 cm³/mol. The number of carbonyl (C=O) groups is 1. The van der Waals surface area contributed by atoms with Crippen LogP contribution in [0.4, 0.5) is 18.9 Å². The number of benzene rings is 1. The van der Waals surface area contributed by atoms with Crippen molar-refractivity contribution in [3.63, 3.8) is 0 Å². The maximum Gasteiger partial charge on any atom is 0.420 e.